The SMILES string of the molecule is NC(=O)[C@@H]1CCCN(C(=O)COC(=O)Cc2csc(-c3ccsc3)n2)C1. The molecule has 138 valence electrons. The van der Waals surface area contributed by atoms with Crippen molar-refractivity contribution >= 4 is 40.5 Å². The van der Waals surface area contributed by atoms with Crippen LogP contribution in [-0.4, -0.2) is 47.4 Å². The van der Waals surface area contributed by atoms with E-state index in [1.807, 2.05) is 22.2 Å². The topological polar surface area (TPSA) is 103 Å². The summed E-state index contributed by atoms with van der Waals surface area (Å²) in [7, 11) is 0. The van der Waals surface area contributed by atoms with Crippen LogP contribution < -0.4 is 5.73 Å². The Kier molecular flexibility index (Phi) is 6.00. The fourth-order valence-corrected chi connectivity index (χ4v) is 4.31. The molecule has 1 saturated heterocycles. The number of nitrogens with zero attached hydrogens (tertiary/aromatic N) is 2. The molecule has 2 aromatic heterocycles. The molecule has 0 bridgehead atoms. The van der Waals surface area contributed by atoms with Crippen molar-refractivity contribution in [1.29, 1.82) is 0 Å². The minimum Gasteiger partial charge on any atom is -0.455 e. The Bertz CT molecular complexity index is 788. The van der Waals surface area contributed by atoms with E-state index >= 15 is 0 Å². The predicted molar refractivity (Wildman–Crippen MR) is 98.6 cm³/mol. The summed E-state index contributed by atoms with van der Waals surface area (Å²) in [4.78, 5) is 41.4. The molecule has 0 radical (unpaired) electrons. The first kappa shape index (κ1) is 18.5. The largest absolute Gasteiger partial charge is 0.455 e. The van der Waals surface area contributed by atoms with Gasteiger partial charge in [-0.05, 0) is 24.3 Å². The highest BCUT2D eigenvalue weighted by molar-refractivity contribution is 7.14. The van der Waals surface area contributed by atoms with Gasteiger partial charge < -0.3 is 15.4 Å². The first-order chi connectivity index (χ1) is 12.5. The summed E-state index contributed by atoms with van der Waals surface area (Å²) in [5, 5.41) is 6.64. The number of hydrogen-bond acceptors (Lipinski definition) is 7. The molecule has 2 amide bonds. The van der Waals surface area contributed by atoms with Gasteiger partial charge in [0.1, 0.15) is 5.01 Å². The van der Waals surface area contributed by atoms with Gasteiger partial charge >= 0.3 is 5.97 Å². The van der Waals surface area contributed by atoms with Crippen LogP contribution in [0.3, 0.4) is 0 Å². The quantitative estimate of drug-likeness (QED) is 0.752. The van der Waals surface area contributed by atoms with Crippen LogP contribution in [-0.2, 0) is 25.5 Å². The Morgan fingerprint density at radius 2 is 2.19 bits per heavy atom. The average molecular weight is 393 g/mol. The highest BCUT2D eigenvalue weighted by Crippen LogP contribution is 2.25. The highest BCUT2D eigenvalue weighted by Gasteiger charge is 2.27. The maximum Gasteiger partial charge on any atom is 0.312 e. The lowest BCUT2D eigenvalue weighted by Crippen LogP contribution is -2.45. The number of thiazole rings is 1. The predicted octanol–water partition coefficient (Wildman–Crippen LogP) is 1.68. The molecule has 3 rings (SSSR count). The summed E-state index contributed by atoms with van der Waals surface area (Å²) in [6.45, 7) is 0.518. The van der Waals surface area contributed by atoms with Crippen LogP contribution in [0.15, 0.2) is 22.2 Å². The van der Waals surface area contributed by atoms with Crippen molar-refractivity contribution in [3.8, 4) is 10.6 Å². The fraction of sp³-hybridized carbons (Fsp3) is 0.412. The molecule has 9 heteroatoms. The third kappa shape index (κ3) is 4.67. The number of rotatable bonds is 6. The van der Waals surface area contributed by atoms with E-state index in [9.17, 15) is 14.4 Å². The zero-order chi connectivity index (χ0) is 18.5. The van der Waals surface area contributed by atoms with Crippen LogP contribution in [0.4, 0.5) is 0 Å². The van der Waals surface area contributed by atoms with E-state index < -0.39 is 11.9 Å². The number of thiophene rings is 1. The van der Waals surface area contributed by atoms with Crippen LogP contribution in [0.2, 0.25) is 0 Å². The number of nitrogens with two attached hydrogens (primary N) is 1. The number of carbonyl (C=O) groups excluding carboxylic acids is 3. The van der Waals surface area contributed by atoms with Gasteiger partial charge in [-0.3, -0.25) is 14.4 Å². The van der Waals surface area contributed by atoms with Gasteiger partial charge in [0.15, 0.2) is 6.61 Å². The maximum atomic E-state index is 12.2. The second-order valence-corrected chi connectivity index (χ2v) is 7.71. The zero-order valence-electron chi connectivity index (χ0n) is 14.1. The number of piperidine rings is 1. The van der Waals surface area contributed by atoms with Gasteiger partial charge in [0.2, 0.25) is 5.91 Å². The van der Waals surface area contributed by atoms with E-state index in [0.29, 0.717) is 25.2 Å². The number of primary amides is 1. The molecular weight excluding hydrogens is 374 g/mol. The molecule has 1 fully saturated rings. The number of hydrogen-bond donors (Lipinski definition) is 1. The van der Waals surface area contributed by atoms with Crippen LogP contribution in [0.5, 0.6) is 0 Å². The average Bonchev–Trinajstić information content (AvgIpc) is 3.31. The number of carbonyl (C=O) groups is 3. The van der Waals surface area contributed by atoms with E-state index in [0.717, 1.165) is 17.0 Å². The second-order valence-electron chi connectivity index (χ2n) is 6.07. The summed E-state index contributed by atoms with van der Waals surface area (Å²) in [6, 6.07) is 1.97. The Balaban J connectivity index is 1.46. The van der Waals surface area contributed by atoms with Crippen LogP contribution in [0.25, 0.3) is 10.6 Å². The van der Waals surface area contributed by atoms with E-state index in [4.69, 9.17) is 10.5 Å². The first-order valence-corrected chi connectivity index (χ1v) is 10.0. The molecule has 0 aliphatic carbocycles. The lowest BCUT2D eigenvalue weighted by Gasteiger charge is -2.31. The summed E-state index contributed by atoms with van der Waals surface area (Å²) in [6.07, 6.45) is 1.44. The van der Waals surface area contributed by atoms with Gasteiger partial charge in [-0.25, -0.2) is 4.98 Å². The fourth-order valence-electron chi connectivity index (χ4n) is 2.78. The summed E-state index contributed by atoms with van der Waals surface area (Å²) < 4.78 is 5.08. The normalized spacial score (nSPS) is 17.1. The Labute approximate surface area is 158 Å². The second kappa shape index (κ2) is 8.41. The number of likely N-dealkylation sites (tertiary alicyclic amines) is 1. The molecule has 0 saturated carbocycles. The molecule has 3 heterocycles. The van der Waals surface area contributed by atoms with E-state index in [-0.39, 0.29) is 24.9 Å². The van der Waals surface area contributed by atoms with Gasteiger partial charge in [-0.1, -0.05) is 0 Å². The molecule has 7 nitrogen and oxygen atoms in total. The van der Waals surface area contributed by atoms with Crippen molar-refractivity contribution in [3.63, 3.8) is 0 Å². The minimum atomic E-state index is -0.496. The van der Waals surface area contributed by atoms with E-state index in [1.165, 1.54) is 16.2 Å². The number of amides is 2. The van der Waals surface area contributed by atoms with Crippen molar-refractivity contribution < 1.29 is 19.1 Å². The van der Waals surface area contributed by atoms with Crippen molar-refractivity contribution in [2.24, 2.45) is 11.7 Å². The van der Waals surface area contributed by atoms with Crippen molar-refractivity contribution in [2.45, 2.75) is 19.3 Å². The number of esters is 1. The van der Waals surface area contributed by atoms with Crippen LogP contribution in [0.1, 0.15) is 18.5 Å². The van der Waals surface area contributed by atoms with Crippen LogP contribution >= 0.6 is 22.7 Å². The van der Waals surface area contributed by atoms with Crippen LogP contribution in [0, 0.1) is 5.92 Å². The van der Waals surface area contributed by atoms with Crippen molar-refractivity contribution in [3.05, 3.63) is 27.9 Å². The highest BCUT2D eigenvalue weighted by atomic mass is 32.1. The van der Waals surface area contributed by atoms with Gasteiger partial charge in [-0.15, -0.1) is 11.3 Å². The molecule has 0 unspecified atom stereocenters. The molecule has 0 aromatic carbocycles. The molecule has 1 aliphatic heterocycles. The molecule has 1 aliphatic rings. The zero-order valence-corrected chi connectivity index (χ0v) is 15.7. The summed E-state index contributed by atoms with van der Waals surface area (Å²) in [5.74, 6) is -1.52. The molecule has 26 heavy (non-hydrogen) atoms. The molecule has 1 atom stereocenters. The molecular formula is C17H19N3O4S2. The Morgan fingerprint density at radius 1 is 1.35 bits per heavy atom. The first-order valence-electron chi connectivity index (χ1n) is 8.22. The summed E-state index contributed by atoms with van der Waals surface area (Å²) >= 11 is 3.06. The van der Waals surface area contributed by atoms with Crippen molar-refractivity contribution in [1.82, 2.24) is 9.88 Å². The van der Waals surface area contributed by atoms with Gasteiger partial charge in [0, 0.05) is 29.4 Å². The third-order valence-corrected chi connectivity index (χ3v) is 5.80. The standard InChI is InChI=1S/C17H19N3O4S2/c18-16(23)11-2-1-4-20(7-11)14(21)8-24-15(22)6-13-10-26-17(19-13)12-3-5-25-9-12/h3,5,9-11H,1-2,4,6-8H2,(H2,18,23)/t11-/m1/s1. The van der Waals surface area contributed by atoms with E-state index in [1.54, 1.807) is 11.3 Å². The lowest BCUT2D eigenvalue weighted by molar-refractivity contribution is -0.152. The smallest absolute Gasteiger partial charge is 0.312 e. The molecule has 2 N–H and O–H groups in total. The molecule has 2 aromatic rings. The summed E-state index contributed by atoms with van der Waals surface area (Å²) in [5.41, 5.74) is 6.96. The third-order valence-electron chi connectivity index (χ3n) is 4.18. The van der Waals surface area contributed by atoms with E-state index in [2.05, 4.69) is 4.98 Å². The Morgan fingerprint density at radius 3 is 2.92 bits per heavy atom. The van der Waals surface area contributed by atoms with Gasteiger partial charge in [0.05, 0.1) is 18.0 Å². The van der Waals surface area contributed by atoms with Crippen molar-refractivity contribution in [2.75, 3.05) is 19.7 Å². The monoisotopic (exact) mass is 393 g/mol. The Hall–Kier alpha value is -2.26. The van der Waals surface area contributed by atoms with Gasteiger partial charge in [-0.2, -0.15) is 11.3 Å². The number of aromatic nitrogens is 1. The maximum absolute atomic E-state index is 12.2. The number of ether oxygens (including phenoxy) is 1. The lowest BCUT2D eigenvalue weighted by atomic mass is 9.97. The molecule has 0 spiro atoms. The van der Waals surface area contributed by atoms with Gasteiger partial charge in [0.25, 0.3) is 5.91 Å². The minimum absolute atomic E-state index is 0.0256.